The number of hydrogen-bond donors (Lipinski definition) is 2. The van der Waals surface area contributed by atoms with Gasteiger partial charge in [-0.15, -0.1) is 0 Å². The Kier molecular flexibility index (Phi) is 4.07. The predicted octanol–water partition coefficient (Wildman–Crippen LogP) is 0.889. The number of carbonyl (C=O) groups excluding carboxylic acids is 1. The Bertz CT molecular complexity index is 474. The summed E-state index contributed by atoms with van der Waals surface area (Å²) >= 11 is 0. The summed E-state index contributed by atoms with van der Waals surface area (Å²) in [5, 5.41) is 9.97. The maximum atomic E-state index is 12.4. The topological polar surface area (TPSA) is 75.8 Å². The predicted molar refractivity (Wildman–Crippen MR) is 72.1 cm³/mol. The van der Waals surface area contributed by atoms with Crippen molar-refractivity contribution in [1.29, 1.82) is 0 Å². The van der Waals surface area contributed by atoms with Gasteiger partial charge in [0.25, 0.3) is 5.91 Å². The highest BCUT2D eigenvalue weighted by Crippen LogP contribution is 2.23. The van der Waals surface area contributed by atoms with Gasteiger partial charge in [-0.3, -0.25) is 4.79 Å². The van der Waals surface area contributed by atoms with E-state index >= 15 is 0 Å². The molecule has 5 heteroatoms. The molecule has 1 fully saturated rings. The first kappa shape index (κ1) is 13.8. The lowest BCUT2D eigenvalue weighted by Crippen LogP contribution is -2.51. The molecule has 3 N–H and O–H groups in total. The molecule has 1 aliphatic heterocycles. The Hall–Kier alpha value is -1.59. The molecule has 0 saturated carbocycles. The third-order valence-corrected chi connectivity index (χ3v) is 3.44. The average Bonchev–Trinajstić information content (AvgIpc) is 2.41. The fourth-order valence-corrected chi connectivity index (χ4v) is 2.18. The lowest BCUT2D eigenvalue weighted by Gasteiger charge is -2.34. The standard InChI is InChI=1S/C14H20N2O3/c1-9-4-3-5-11(13(9)17)14(18)16-6-7-19-12(8-16)10(2)15/h3-5,10,12,17H,6-8,15H2,1-2H3. The molecule has 2 rings (SSSR count). The van der Waals surface area contributed by atoms with Crippen LogP contribution in [0, 0.1) is 6.92 Å². The van der Waals surface area contributed by atoms with Gasteiger partial charge in [0.1, 0.15) is 5.75 Å². The van der Waals surface area contributed by atoms with Gasteiger partial charge < -0.3 is 20.5 Å². The number of nitrogens with zero attached hydrogens (tertiary/aromatic N) is 1. The minimum absolute atomic E-state index is 0.0522. The van der Waals surface area contributed by atoms with Crippen LogP contribution in [0.3, 0.4) is 0 Å². The number of carbonyl (C=O) groups is 1. The number of morpholine rings is 1. The van der Waals surface area contributed by atoms with E-state index in [0.717, 1.165) is 0 Å². The highest BCUT2D eigenvalue weighted by molar-refractivity contribution is 5.97. The number of aromatic hydroxyl groups is 1. The molecule has 2 unspecified atom stereocenters. The summed E-state index contributed by atoms with van der Waals surface area (Å²) < 4.78 is 5.53. The molecule has 19 heavy (non-hydrogen) atoms. The molecule has 0 spiro atoms. The molecule has 2 atom stereocenters. The molecule has 0 aromatic heterocycles. The molecule has 104 valence electrons. The molecule has 1 amide bonds. The Morgan fingerprint density at radius 2 is 2.32 bits per heavy atom. The van der Waals surface area contributed by atoms with Crippen molar-refractivity contribution in [3.8, 4) is 5.75 Å². The number of amides is 1. The van der Waals surface area contributed by atoms with Crippen molar-refractivity contribution in [3.05, 3.63) is 29.3 Å². The number of phenolic OH excluding ortho intramolecular Hbond substituents is 1. The van der Waals surface area contributed by atoms with Gasteiger partial charge in [-0.2, -0.15) is 0 Å². The molecule has 1 saturated heterocycles. The van der Waals surface area contributed by atoms with E-state index < -0.39 is 0 Å². The number of benzene rings is 1. The van der Waals surface area contributed by atoms with Gasteiger partial charge in [0, 0.05) is 19.1 Å². The van der Waals surface area contributed by atoms with Crippen molar-refractivity contribution in [2.75, 3.05) is 19.7 Å². The fraction of sp³-hybridized carbons (Fsp3) is 0.500. The van der Waals surface area contributed by atoms with Gasteiger partial charge in [-0.05, 0) is 25.5 Å². The second kappa shape index (κ2) is 5.59. The summed E-state index contributed by atoms with van der Waals surface area (Å²) in [6, 6.07) is 5.06. The van der Waals surface area contributed by atoms with Crippen LogP contribution in [0.15, 0.2) is 18.2 Å². The minimum atomic E-state index is -0.171. The van der Waals surface area contributed by atoms with Crippen molar-refractivity contribution in [1.82, 2.24) is 4.90 Å². The van der Waals surface area contributed by atoms with Crippen LogP contribution in [0.1, 0.15) is 22.8 Å². The van der Waals surface area contributed by atoms with E-state index in [1.54, 1.807) is 30.0 Å². The van der Waals surface area contributed by atoms with Gasteiger partial charge in [0.05, 0.1) is 18.3 Å². The summed E-state index contributed by atoms with van der Waals surface area (Å²) in [6.45, 7) is 5.10. The van der Waals surface area contributed by atoms with Gasteiger partial charge in [0.15, 0.2) is 0 Å². The minimum Gasteiger partial charge on any atom is -0.507 e. The zero-order valence-corrected chi connectivity index (χ0v) is 11.3. The Morgan fingerprint density at radius 1 is 1.58 bits per heavy atom. The van der Waals surface area contributed by atoms with Crippen LogP contribution in [0.5, 0.6) is 5.75 Å². The molecular formula is C14H20N2O3. The number of ether oxygens (including phenoxy) is 1. The van der Waals surface area contributed by atoms with Crippen molar-refractivity contribution in [2.24, 2.45) is 5.73 Å². The highest BCUT2D eigenvalue weighted by Gasteiger charge is 2.28. The average molecular weight is 264 g/mol. The first-order valence-corrected chi connectivity index (χ1v) is 6.45. The van der Waals surface area contributed by atoms with Crippen molar-refractivity contribution >= 4 is 5.91 Å². The number of para-hydroxylation sites is 1. The zero-order chi connectivity index (χ0) is 14.0. The van der Waals surface area contributed by atoms with E-state index in [0.29, 0.717) is 30.8 Å². The van der Waals surface area contributed by atoms with Crippen molar-refractivity contribution < 1.29 is 14.6 Å². The van der Waals surface area contributed by atoms with Crippen LogP contribution < -0.4 is 5.73 Å². The Morgan fingerprint density at radius 3 is 3.00 bits per heavy atom. The summed E-state index contributed by atoms with van der Waals surface area (Å²) in [4.78, 5) is 14.1. The van der Waals surface area contributed by atoms with Gasteiger partial charge in [-0.1, -0.05) is 12.1 Å². The molecule has 0 bridgehead atoms. The maximum absolute atomic E-state index is 12.4. The van der Waals surface area contributed by atoms with Crippen molar-refractivity contribution in [2.45, 2.75) is 26.0 Å². The summed E-state index contributed by atoms with van der Waals surface area (Å²) in [5.74, 6) is -0.119. The number of aryl methyl sites for hydroxylation is 1. The fourth-order valence-electron chi connectivity index (χ4n) is 2.18. The molecule has 1 heterocycles. The number of phenols is 1. The SMILES string of the molecule is Cc1cccc(C(=O)N2CCOC(C(C)N)C2)c1O. The van der Waals surface area contributed by atoms with E-state index in [1.165, 1.54) is 0 Å². The van der Waals surface area contributed by atoms with Crippen LogP contribution in [-0.2, 0) is 4.74 Å². The number of hydrogen-bond acceptors (Lipinski definition) is 4. The lowest BCUT2D eigenvalue weighted by molar-refractivity contribution is -0.0300. The van der Waals surface area contributed by atoms with Crippen molar-refractivity contribution in [3.63, 3.8) is 0 Å². The lowest BCUT2D eigenvalue weighted by atomic mass is 10.1. The second-order valence-electron chi connectivity index (χ2n) is 4.99. The van der Waals surface area contributed by atoms with Crippen LogP contribution in [-0.4, -0.2) is 47.8 Å². The number of nitrogens with two attached hydrogens (primary N) is 1. The van der Waals surface area contributed by atoms with Gasteiger partial charge >= 0.3 is 0 Å². The van der Waals surface area contributed by atoms with E-state index in [2.05, 4.69) is 0 Å². The molecule has 0 aliphatic carbocycles. The van der Waals surface area contributed by atoms with E-state index in [4.69, 9.17) is 10.5 Å². The molecular weight excluding hydrogens is 244 g/mol. The monoisotopic (exact) mass is 264 g/mol. The molecule has 5 nitrogen and oxygen atoms in total. The highest BCUT2D eigenvalue weighted by atomic mass is 16.5. The maximum Gasteiger partial charge on any atom is 0.257 e. The van der Waals surface area contributed by atoms with Crippen LogP contribution in [0.4, 0.5) is 0 Å². The first-order valence-electron chi connectivity index (χ1n) is 6.45. The van der Waals surface area contributed by atoms with Crippen LogP contribution in [0.25, 0.3) is 0 Å². The van der Waals surface area contributed by atoms with Gasteiger partial charge in [-0.25, -0.2) is 0 Å². The largest absolute Gasteiger partial charge is 0.507 e. The van der Waals surface area contributed by atoms with Crippen LogP contribution in [0.2, 0.25) is 0 Å². The number of rotatable bonds is 2. The molecule has 1 aromatic rings. The Labute approximate surface area is 113 Å². The third-order valence-electron chi connectivity index (χ3n) is 3.44. The summed E-state index contributed by atoms with van der Waals surface area (Å²) in [7, 11) is 0. The van der Waals surface area contributed by atoms with E-state index in [1.807, 2.05) is 6.92 Å². The molecule has 1 aromatic carbocycles. The van der Waals surface area contributed by atoms with Gasteiger partial charge in [0.2, 0.25) is 0 Å². The Balaban J connectivity index is 2.17. The van der Waals surface area contributed by atoms with E-state index in [9.17, 15) is 9.90 Å². The molecule has 0 radical (unpaired) electrons. The normalized spacial score (nSPS) is 21.2. The first-order chi connectivity index (χ1) is 9.00. The van der Waals surface area contributed by atoms with Crippen LogP contribution >= 0.6 is 0 Å². The second-order valence-corrected chi connectivity index (χ2v) is 4.99. The zero-order valence-electron chi connectivity index (χ0n) is 11.3. The smallest absolute Gasteiger partial charge is 0.257 e. The quantitative estimate of drug-likeness (QED) is 0.831. The molecule has 1 aliphatic rings. The summed E-state index contributed by atoms with van der Waals surface area (Å²) in [6.07, 6.45) is -0.148. The van der Waals surface area contributed by atoms with E-state index in [-0.39, 0.29) is 23.8 Å². The third kappa shape index (κ3) is 2.88. The summed E-state index contributed by atoms with van der Waals surface area (Å²) in [5.41, 5.74) is 6.85.